The highest BCUT2D eigenvalue weighted by molar-refractivity contribution is 7.15. The van der Waals surface area contributed by atoms with Gasteiger partial charge in [0.15, 0.2) is 4.96 Å². The zero-order chi connectivity index (χ0) is 21.3. The molecule has 0 fully saturated rings. The van der Waals surface area contributed by atoms with Crippen molar-refractivity contribution in [3.8, 4) is 17.0 Å². The average Bonchev–Trinajstić information content (AvgIpc) is 3.34. The fraction of sp³-hybridized carbons (Fsp3) is 0.136. The van der Waals surface area contributed by atoms with Gasteiger partial charge in [-0.1, -0.05) is 24.3 Å². The lowest BCUT2D eigenvalue weighted by molar-refractivity contribution is 0.0821. The van der Waals surface area contributed by atoms with Gasteiger partial charge in [0.05, 0.1) is 18.4 Å². The molecule has 2 aromatic carbocycles. The first-order valence-electron chi connectivity index (χ1n) is 9.21. The standard InChI is InChI=1S/C22H20N4O3S/c1-25(2)21(28)18-13-30-22-24-17(12-26(18)22)14-7-6-8-15(11-14)23-20(27)16-9-4-5-10-19(16)29-3/h4-13H,1-3H3,(H,23,27). The minimum absolute atomic E-state index is 0.0805. The van der Waals surface area contributed by atoms with Crippen LogP contribution in [0.15, 0.2) is 60.1 Å². The third kappa shape index (κ3) is 3.65. The molecule has 30 heavy (non-hydrogen) atoms. The van der Waals surface area contributed by atoms with Crippen LogP contribution in [0.1, 0.15) is 20.8 Å². The van der Waals surface area contributed by atoms with Crippen molar-refractivity contribution >= 4 is 33.8 Å². The molecule has 0 bridgehead atoms. The number of hydrogen-bond donors (Lipinski definition) is 1. The van der Waals surface area contributed by atoms with Crippen molar-refractivity contribution in [1.29, 1.82) is 0 Å². The molecule has 0 aliphatic heterocycles. The smallest absolute Gasteiger partial charge is 0.271 e. The predicted molar refractivity (Wildman–Crippen MR) is 117 cm³/mol. The Kier molecular flexibility index (Phi) is 5.24. The van der Waals surface area contributed by atoms with Crippen LogP contribution in [0.25, 0.3) is 16.2 Å². The molecule has 0 saturated heterocycles. The second-order valence-electron chi connectivity index (χ2n) is 6.83. The zero-order valence-electron chi connectivity index (χ0n) is 16.7. The molecule has 1 N–H and O–H groups in total. The van der Waals surface area contributed by atoms with Crippen LogP contribution in [-0.2, 0) is 0 Å². The van der Waals surface area contributed by atoms with Crippen molar-refractivity contribution < 1.29 is 14.3 Å². The van der Waals surface area contributed by atoms with E-state index < -0.39 is 0 Å². The quantitative estimate of drug-likeness (QED) is 0.529. The Balaban J connectivity index is 1.62. The maximum atomic E-state index is 12.7. The molecule has 0 radical (unpaired) electrons. The monoisotopic (exact) mass is 420 g/mol. The number of aromatic nitrogens is 2. The molecule has 2 amide bonds. The lowest BCUT2D eigenvalue weighted by Gasteiger charge is -2.10. The Morgan fingerprint density at radius 3 is 2.70 bits per heavy atom. The lowest BCUT2D eigenvalue weighted by Crippen LogP contribution is -2.22. The van der Waals surface area contributed by atoms with Crippen LogP contribution in [0.3, 0.4) is 0 Å². The number of nitrogens with one attached hydrogen (secondary N) is 1. The van der Waals surface area contributed by atoms with Crippen molar-refractivity contribution in [2.24, 2.45) is 0 Å². The minimum Gasteiger partial charge on any atom is -0.496 e. The highest BCUT2D eigenvalue weighted by Crippen LogP contribution is 2.27. The molecule has 4 aromatic rings. The Morgan fingerprint density at radius 1 is 1.13 bits per heavy atom. The number of ether oxygens (including phenoxy) is 1. The van der Waals surface area contributed by atoms with Gasteiger partial charge in [-0.2, -0.15) is 0 Å². The van der Waals surface area contributed by atoms with Gasteiger partial charge in [0, 0.05) is 36.9 Å². The van der Waals surface area contributed by atoms with Crippen LogP contribution in [0.2, 0.25) is 0 Å². The lowest BCUT2D eigenvalue weighted by atomic mass is 10.1. The maximum absolute atomic E-state index is 12.7. The van der Waals surface area contributed by atoms with E-state index in [4.69, 9.17) is 4.74 Å². The fourth-order valence-electron chi connectivity index (χ4n) is 3.09. The summed E-state index contributed by atoms with van der Waals surface area (Å²) < 4.78 is 7.06. The second-order valence-corrected chi connectivity index (χ2v) is 7.67. The Labute approximate surface area is 177 Å². The number of amides is 2. The van der Waals surface area contributed by atoms with E-state index >= 15 is 0 Å². The Hall–Kier alpha value is -3.65. The number of anilines is 1. The maximum Gasteiger partial charge on any atom is 0.271 e. The molecule has 7 nitrogen and oxygen atoms in total. The van der Waals surface area contributed by atoms with Gasteiger partial charge in [0.1, 0.15) is 11.4 Å². The van der Waals surface area contributed by atoms with Crippen LogP contribution >= 0.6 is 11.3 Å². The summed E-state index contributed by atoms with van der Waals surface area (Å²) in [6.45, 7) is 0. The van der Waals surface area contributed by atoms with E-state index in [0.717, 1.165) is 16.2 Å². The first kappa shape index (κ1) is 19.7. The summed E-state index contributed by atoms with van der Waals surface area (Å²) in [5.74, 6) is 0.177. The summed E-state index contributed by atoms with van der Waals surface area (Å²) in [6, 6.07) is 14.5. The van der Waals surface area contributed by atoms with E-state index in [2.05, 4.69) is 10.3 Å². The largest absolute Gasteiger partial charge is 0.496 e. The molecule has 0 saturated carbocycles. The second kappa shape index (κ2) is 8.00. The van der Waals surface area contributed by atoms with Gasteiger partial charge < -0.3 is 15.0 Å². The number of methoxy groups -OCH3 is 1. The molecule has 8 heteroatoms. The summed E-state index contributed by atoms with van der Waals surface area (Å²) in [7, 11) is 4.97. The molecular weight excluding hydrogens is 400 g/mol. The average molecular weight is 420 g/mol. The number of para-hydroxylation sites is 1. The Bertz CT molecular complexity index is 1240. The zero-order valence-corrected chi connectivity index (χ0v) is 17.6. The predicted octanol–water partition coefficient (Wildman–Crippen LogP) is 4.03. The Morgan fingerprint density at radius 2 is 1.93 bits per heavy atom. The van der Waals surface area contributed by atoms with Gasteiger partial charge in [-0.05, 0) is 24.3 Å². The van der Waals surface area contributed by atoms with Crippen molar-refractivity contribution in [3.63, 3.8) is 0 Å². The molecule has 0 aliphatic carbocycles. The van der Waals surface area contributed by atoms with E-state index in [9.17, 15) is 9.59 Å². The third-order valence-corrected chi connectivity index (χ3v) is 5.44. The van der Waals surface area contributed by atoms with E-state index in [1.54, 1.807) is 42.1 Å². The number of benzene rings is 2. The van der Waals surface area contributed by atoms with E-state index in [1.807, 2.05) is 36.5 Å². The van der Waals surface area contributed by atoms with E-state index in [1.165, 1.54) is 23.3 Å². The topological polar surface area (TPSA) is 75.9 Å². The number of thiazole rings is 1. The SMILES string of the molecule is COc1ccccc1C(=O)Nc1cccc(-c2cn3c(C(=O)N(C)C)csc3n2)c1. The van der Waals surface area contributed by atoms with Gasteiger partial charge in [-0.25, -0.2) is 4.98 Å². The van der Waals surface area contributed by atoms with E-state index in [-0.39, 0.29) is 11.8 Å². The van der Waals surface area contributed by atoms with Gasteiger partial charge in [-0.3, -0.25) is 14.0 Å². The molecule has 0 aliphatic rings. The summed E-state index contributed by atoms with van der Waals surface area (Å²) >= 11 is 1.41. The molecule has 4 rings (SSSR count). The third-order valence-electron chi connectivity index (χ3n) is 4.60. The number of imidazole rings is 1. The normalized spacial score (nSPS) is 10.8. The summed E-state index contributed by atoms with van der Waals surface area (Å²) in [5.41, 5.74) is 3.23. The molecular formula is C22H20N4O3S. The van der Waals surface area contributed by atoms with Crippen molar-refractivity contribution in [2.75, 3.05) is 26.5 Å². The number of hydrogen-bond acceptors (Lipinski definition) is 5. The van der Waals surface area contributed by atoms with Gasteiger partial charge >= 0.3 is 0 Å². The van der Waals surface area contributed by atoms with E-state index in [0.29, 0.717) is 22.7 Å². The van der Waals surface area contributed by atoms with Crippen molar-refractivity contribution in [3.05, 3.63) is 71.4 Å². The number of rotatable bonds is 5. The number of nitrogens with zero attached hydrogens (tertiary/aromatic N) is 3. The van der Waals surface area contributed by atoms with Crippen LogP contribution < -0.4 is 10.1 Å². The number of carbonyl (C=O) groups is 2. The molecule has 0 unspecified atom stereocenters. The molecule has 152 valence electrons. The van der Waals surface area contributed by atoms with Crippen LogP contribution in [0.5, 0.6) is 5.75 Å². The molecule has 2 aromatic heterocycles. The highest BCUT2D eigenvalue weighted by Gasteiger charge is 2.17. The number of fused-ring (bicyclic) bond motifs is 1. The minimum atomic E-state index is -0.255. The van der Waals surface area contributed by atoms with Crippen molar-refractivity contribution in [2.45, 2.75) is 0 Å². The van der Waals surface area contributed by atoms with Crippen LogP contribution in [-0.4, -0.2) is 47.3 Å². The van der Waals surface area contributed by atoms with Gasteiger partial charge in [-0.15, -0.1) is 11.3 Å². The number of carbonyl (C=O) groups excluding carboxylic acids is 2. The fourth-order valence-corrected chi connectivity index (χ4v) is 3.94. The summed E-state index contributed by atoms with van der Waals surface area (Å²) in [5, 5.41) is 4.71. The summed E-state index contributed by atoms with van der Waals surface area (Å²) in [4.78, 5) is 31.9. The highest BCUT2D eigenvalue weighted by atomic mass is 32.1. The molecule has 0 spiro atoms. The first-order chi connectivity index (χ1) is 14.5. The van der Waals surface area contributed by atoms with Gasteiger partial charge in [0.25, 0.3) is 11.8 Å². The first-order valence-corrected chi connectivity index (χ1v) is 10.1. The van der Waals surface area contributed by atoms with Crippen LogP contribution in [0, 0.1) is 0 Å². The summed E-state index contributed by atoms with van der Waals surface area (Å²) in [6.07, 6.45) is 1.84. The van der Waals surface area contributed by atoms with Crippen molar-refractivity contribution in [1.82, 2.24) is 14.3 Å². The van der Waals surface area contributed by atoms with Crippen LogP contribution in [0.4, 0.5) is 5.69 Å². The molecule has 0 atom stereocenters. The molecule has 2 heterocycles. The van der Waals surface area contributed by atoms with Gasteiger partial charge in [0.2, 0.25) is 0 Å².